The van der Waals surface area contributed by atoms with Crippen LogP contribution in [-0.4, -0.2) is 37.4 Å². The van der Waals surface area contributed by atoms with Crippen molar-refractivity contribution in [2.75, 3.05) is 7.11 Å². The minimum atomic E-state index is -1.11. The summed E-state index contributed by atoms with van der Waals surface area (Å²) in [6.45, 7) is 0.187. The van der Waals surface area contributed by atoms with Crippen molar-refractivity contribution >= 4 is 22.5 Å². The van der Waals surface area contributed by atoms with Crippen LogP contribution in [0.15, 0.2) is 77.9 Å². The lowest BCUT2D eigenvalue weighted by molar-refractivity contribution is -0.141. The minimum Gasteiger partial charge on any atom is -0.480 e. The van der Waals surface area contributed by atoms with Crippen LogP contribution in [0, 0.1) is 5.82 Å². The number of nitrogens with zero attached hydrogens (tertiary/aromatic N) is 4. The fourth-order valence-electron chi connectivity index (χ4n) is 4.27. The third-order valence-corrected chi connectivity index (χ3v) is 5.92. The number of rotatable bonds is 7. The number of aromatic nitrogens is 4. The van der Waals surface area contributed by atoms with Gasteiger partial charge in [-0.1, -0.05) is 42.5 Å². The smallest absolute Gasteiger partial charge is 0.327 e. The molecular formula is C26H21FN4O4. The molecule has 1 atom stereocenters. The molecule has 0 radical (unpaired) electrons. The van der Waals surface area contributed by atoms with E-state index in [1.807, 2.05) is 30.3 Å². The Bertz CT molecular complexity index is 1590. The Hall–Kier alpha value is -4.37. The standard InChI is InChI=1S/C26H21FN4O4/c1-35-15-20-23(17-7-9-18(27)10-8-17)24-28-14-19-21(31(24)29-20)11-12-30(25(19)32)22(26(33)34)13-16-5-3-2-4-6-16/h2-12,14,22H,13,15H2,1H3,(H,33,34)/t22-/m1/s1. The van der Waals surface area contributed by atoms with E-state index in [9.17, 15) is 19.1 Å². The van der Waals surface area contributed by atoms with Gasteiger partial charge >= 0.3 is 5.97 Å². The van der Waals surface area contributed by atoms with Gasteiger partial charge in [0.1, 0.15) is 11.9 Å². The maximum atomic E-state index is 13.5. The molecule has 0 saturated carbocycles. The number of carboxylic acids is 1. The number of hydrogen-bond acceptors (Lipinski definition) is 5. The Morgan fingerprint density at radius 2 is 1.86 bits per heavy atom. The van der Waals surface area contributed by atoms with Crippen LogP contribution >= 0.6 is 0 Å². The van der Waals surface area contributed by atoms with E-state index in [1.165, 1.54) is 29.1 Å². The zero-order valence-electron chi connectivity index (χ0n) is 18.8. The fourth-order valence-corrected chi connectivity index (χ4v) is 4.27. The number of hydrogen-bond donors (Lipinski definition) is 1. The van der Waals surface area contributed by atoms with Crippen molar-refractivity contribution in [2.45, 2.75) is 19.1 Å². The quantitative estimate of drug-likeness (QED) is 0.386. The Balaban J connectivity index is 1.67. The number of fused-ring (bicyclic) bond motifs is 3. The number of halogens is 1. The van der Waals surface area contributed by atoms with Crippen LogP contribution in [0.2, 0.25) is 0 Å². The molecular weight excluding hydrogens is 451 g/mol. The van der Waals surface area contributed by atoms with E-state index in [0.717, 1.165) is 5.56 Å². The van der Waals surface area contributed by atoms with E-state index >= 15 is 0 Å². The van der Waals surface area contributed by atoms with Crippen LogP contribution < -0.4 is 5.56 Å². The van der Waals surface area contributed by atoms with Crippen LogP contribution in [0.4, 0.5) is 4.39 Å². The molecule has 0 saturated heterocycles. The van der Waals surface area contributed by atoms with E-state index in [-0.39, 0.29) is 24.2 Å². The molecule has 0 bridgehead atoms. The molecule has 176 valence electrons. The largest absolute Gasteiger partial charge is 0.480 e. The van der Waals surface area contributed by atoms with Crippen LogP contribution in [0.1, 0.15) is 17.3 Å². The van der Waals surface area contributed by atoms with Crippen molar-refractivity contribution in [3.05, 3.63) is 100 Å². The third kappa shape index (κ3) is 4.06. The van der Waals surface area contributed by atoms with Gasteiger partial charge in [-0.3, -0.25) is 4.79 Å². The summed E-state index contributed by atoms with van der Waals surface area (Å²) in [6.07, 6.45) is 3.06. The van der Waals surface area contributed by atoms with Gasteiger partial charge in [-0.05, 0) is 29.3 Å². The minimum absolute atomic E-state index is 0.158. The number of methoxy groups -OCH3 is 1. The summed E-state index contributed by atoms with van der Waals surface area (Å²) < 4.78 is 21.6. The zero-order chi connectivity index (χ0) is 24.5. The number of ether oxygens (including phenoxy) is 1. The number of pyridine rings is 1. The van der Waals surface area contributed by atoms with Crippen LogP contribution in [0.3, 0.4) is 0 Å². The third-order valence-electron chi connectivity index (χ3n) is 5.92. The van der Waals surface area contributed by atoms with Crippen molar-refractivity contribution in [2.24, 2.45) is 0 Å². The average Bonchev–Trinajstić information content (AvgIpc) is 3.23. The van der Waals surface area contributed by atoms with E-state index in [0.29, 0.717) is 28.0 Å². The van der Waals surface area contributed by atoms with Crippen molar-refractivity contribution in [3.63, 3.8) is 0 Å². The van der Waals surface area contributed by atoms with Crippen molar-refractivity contribution in [3.8, 4) is 11.1 Å². The first-order valence-corrected chi connectivity index (χ1v) is 10.9. The highest BCUT2D eigenvalue weighted by molar-refractivity contribution is 5.86. The molecule has 0 aliphatic heterocycles. The average molecular weight is 472 g/mol. The van der Waals surface area contributed by atoms with Crippen LogP contribution in [-0.2, 0) is 22.6 Å². The molecule has 3 heterocycles. The summed E-state index contributed by atoms with van der Waals surface area (Å²) in [7, 11) is 1.54. The lowest BCUT2D eigenvalue weighted by atomic mass is 10.1. The Morgan fingerprint density at radius 3 is 2.54 bits per heavy atom. The van der Waals surface area contributed by atoms with Crippen molar-refractivity contribution in [1.82, 2.24) is 19.2 Å². The second-order valence-electron chi connectivity index (χ2n) is 8.13. The lowest BCUT2D eigenvalue weighted by Crippen LogP contribution is -2.31. The topological polar surface area (TPSA) is 98.7 Å². The first-order chi connectivity index (χ1) is 17.0. The predicted molar refractivity (Wildman–Crippen MR) is 128 cm³/mol. The van der Waals surface area contributed by atoms with Crippen molar-refractivity contribution in [1.29, 1.82) is 0 Å². The molecule has 9 heteroatoms. The summed E-state index contributed by atoms with van der Waals surface area (Å²) in [5, 5.41) is 14.7. The molecule has 0 spiro atoms. The normalized spacial score (nSPS) is 12.3. The van der Waals surface area contributed by atoms with Gasteiger partial charge in [0, 0.05) is 25.9 Å². The second kappa shape index (κ2) is 9.11. The second-order valence-corrected chi connectivity index (χ2v) is 8.13. The maximum absolute atomic E-state index is 13.5. The van der Waals surface area contributed by atoms with Gasteiger partial charge in [0.2, 0.25) is 0 Å². The van der Waals surface area contributed by atoms with Gasteiger partial charge in [-0.15, -0.1) is 0 Å². The highest BCUT2D eigenvalue weighted by Gasteiger charge is 2.24. The number of carbonyl (C=O) groups is 1. The highest BCUT2D eigenvalue weighted by atomic mass is 19.1. The van der Waals surface area contributed by atoms with E-state index in [1.54, 1.807) is 29.8 Å². The summed E-state index contributed by atoms with van der Waals surface area (Å²) >= 11 is 0. The summed E-state index contributed by atoms with van der Waals surface area (Å²) in [6, 6.07) is 15.7. The first-order valence-electron chi connectivity index (χ1n) is 10.9. The summed E-state index contributed by atoms with van der Waals surface area (Å²) in [5.41, 5.74) is 3.25. The molecule has 0 fully saturated rings. The highest BCUT2D eigenvalue weighted by Crippen LogP contribution is 2.30. The maximum Gasteiger partial charge on any atom is 0.327 e. The number of carboxylic acid groups (broad SMARTS) is 1. The van der Waals surface area contributed by atoms with Crippen LogP contribution in [0.5, 0.6) is 0 Å². The lowest BCUT2D eigenvalue weighted by Gasteiger charge is -2.16. The molecule has 0 aliphatic rings. The summed E-state index contributed by atoms with van der Waals surface area (Å²) in [5.74, 6) is -1.47. The molecule has 2 aromatic carbocycles. The van der Waals surface area contributed by atoms with E-state index in [4.69, 9.17) is 4.74 Å². The van der Waals surface area contributed by atoms with Gasteiger partial charge < -0.3 is 14.4 Å². The van der Waals surface area contributed by atoms with Gasteiger partial charge in [-0.2, -0.15) is 5.10 Å². The Morgan fingerprint density at radius 1 is 1.11 bits per heavy atom. The van der Waals surface area contributed by atoms with E-state index < -0.39 is 17.6 Å². The van der Waals surface area contributed by atoms with Gasteiger partial charge in [0.25, 0.3) is 5.56 Å². The molecule has 35 heavy (non-hydrogen) atoms. The Kier molecular flexibility index (Phi) is 5.84. The van der Waals surface area contributed by atoms with E-state index in [2.05, 4.69) is 10.1 Å². The predicted octanol–water partition coefficient (Wildman–Crippen LogP) is 3.87. The van der Waals surface area contributed by atoms with Gasteiger partial charge in [0.05, 0.1) is 28.8 Å². The monoisotopic (exact) mass is 472 g/mol. The molecule has 0 amide bonds. The molecule has 5 rings (SSSR count). The molecule has 0 aliphatic carbocycles. The summed E-state index contributed by atoms with van der Waals surface area (Å²) in [4.78, 5) is 29.9. The Labute approximate surface area is 198 Å². The SMILES string of the molecule is COCc1nn2c(ncc3c(=O)n([C@H](Cc4ccccc4)C(=O)O)ccc32)c1-c1ccc(F)cc1. The van der Waals surface area contributed by atoms with Gasteiger partial charge in [-0.25, -0.2) is 18.7 Å². The number of benzene rings is 2. The number of aliphatic carboxylic acids is 1. The molecule has 5 aromatic rings. The first kappa shape index (κ1) is 22.4. The van der Waals surface area contributed by atoms with Crippen LogP contribution in [0.25, 0.3) is 27.7 Å². The molecule has 8 nitrogen and oxygen atoms in total. The zero-order valence-corrected chi connectivity index (χ0v) is 18.8. The van der Waals surface area contributed by atoms with Crippen molar-refractivity contribution < 1.29 is 19.0 Å². The molecule has 0 unspecified atom stereocenters. The van der Waals surface area contributed by atoms with Gasteiger partial charge in [0.15, 0.2) is 5.65 Å². The molecule has 3 aromatic heterocycles. The molecule has 1 N–H and O–H groups in total. The fraction of sp³-hybridized carbons (Fsp3) is 0.154.